The molecule has 0 fully saturated rings. The molecule has 1 aromatic carbocycles. The number of hydrogen-bond acceptors (Lipinski definition) is 5. The van der Waals surface area contributed by atoms with Crippen LogP contribution < -0.4 is 5.73 Å². The normalized spacial score (nSPS) is 11.2. The van der Waals surface area contributed by atoms with Crippen molar-refractivity contribution in [3.8, 4) is 28.3 Å². The van der Waals surface area contributed by atoms with Crippen LogP contribution in [0.25, 0.3) is 39.5 Å². The van der Waals surface area contributed by atoms with Gasteiger partial charge in [0, 0.05) is 29.5 Å². The molecular formula is C23H16ClFN6. The number of imidazole rings is 1. The molecule has 4 heterocycles. The minimum absolute atomic E-state index is 0.372. The summed E-state index contributed by atoms with van der Waals surface area (Å²) in [6, 6.07) is 16.5. The lowest BCUT2D eigenvalue weighted by Crippen LogP contribution is -2.01. The molecule has 0 bridgehead atoms. The Bertz CT molecular complexity index is 1380. The van der Waals surface area contributed by atoms with Crippen molar-refractivity contribution in [2.45, 2.75) is 5.88 Å². The van der Waals surface area contributed by atoms with Crippen LogP contribution in [0.5, 0.6) is 0 Å². The zero-order chi connectivity index (χ0) is 21.4. The molecule has 0 spiro atoms. The molecule has 0 saturated heterocycles. The average molecular weight is 431 g/mol. The smallest absolute Gasteiger partial charge is 0.178 e. The van der Waals surface area contributed by atoms with E-state index in [-0.39, 0.29) is 0 Å². The van der Waals surface area contributed by atoms with E-state index in [2.05, 4.69) is 15.0 Å². The summed E-state index contributed by atoms with van der Waals surface area (Å²) in [7, 11) is 0. The quantitative estimate of drug-likeness (QED) is 0.405. The topological polar surface area (TPSA) is 82.5 Å². The van der Waals surface area contributed by atoms with E-state index in [4.69, 9.17) is 22.3 Å². The van der Waals surface area contributed by atoms with Gasteiger partial charge in [-0.1, -0.05) is 12.1 Å². The second-order valence-electron chi connectivity index (χ2n) is 6.94. The third-order valence-corrected chi connectivity index (χ3v) is 5.27. The molecule has 4 aromatic heterocycles. The first-order chi connectivity index (χ1) is 15.1. The molecule has 0 unspecified atom stereocenters. The fourth-order valence-electron chi connectivity index (χ4n) is 3.43. The van der Waals surface area contributed by atoms with Gasteiger partial charge in [-0.05, 0) is 48.0 Å². The van der Waals surface area contributed by atoms with Crippen molar-refractivity contribution in [2.75, 3.05) is 5.73 Å². The van der Waals surface area contributed by atoms with Gasteiger partial charge < -0.3 is 5.73 Å². The molecule has 31 heavy (non-hydrogen) atoms. The molecule has 0 aliphatic rings. The number of nitrogen functional groups attached to an aromatic ring is 1. The molecule has 2 N–H and O–H groups in total. The van der Waals surface area contributed by atoms with Crippen LogP contribution in [0.2, 0.25) is 0 Å². The Morgan fingerprint density at radius 1 is 0.968 bits per heavy atom. The summed E-state index contributed by atoms with van der Waals surface area (Å²) < 4.78 is 15.3. The summed E-state index contributed by atoms with van der Waals surface area (Å²) in [5.74, 6) is 1.03. The minimum atomic E-state index is -0.392. The van der Waals surface area contributed by atoms with Crippen molar-refractivity contribution in [3.05, 3.63) is 84.6 Å². The Hall–Kier alpha value is -3.84. The van der Waals surface area contributed by atoms with Gasteiger partial charge in [0.2, 0.25) is 0 Å². The molecule has 0 amide bonds. The van der Waals surface area contributed by atoms with E-state index in [9.17, 15) is 4.39 Å². The monoisotopic (exact) mass is 430 g/mol. The SMILES string of the molecule is Nc1ncccc1-c1nc2ncc(-c3ccc(F)cn3)cc2n1-c1ccc(CCl)cc1. The number of nitrogens with zero attached hydrogens (tertiary/aromatic N) is 5. The zero-order valence-electron chi connectivity index (χ0n) is 16.2. The number of fused-ring (bicyclic) bond motifs is 1. The minimum Gasteiger partial charge on any atom is -0.383 e. The van der Waals surface area contributed by atoms with E-state index in [1.807, 2.05) is 47.0 Å². The molecule has 8 heteroatoms. The maximum absolute atomic E-state index is 13.3. The van der Waals surface area contributed by atoms with Gasteiger partial charge in [0.25, 0.3) is 0 Å². The van der Waals surface area contributed by atoms with Gasteiger partial charge in [-0.25, -0.2) is 19.3 Å². The lowest BCUT2D eigenvalue weighted by molar-refractivity contribution is 0.622. The molecule has 0 aliphatic carbocycles. The van der Waals surface area contributed by atoms with Gasteiger partial charge in [0.05, 0.1) is 23.0 Å². The van der Waals surface area contributed by atoms with Crippen molar-refractivity contribution >= 4 is 28.6 Å². The van der Waals surface area contributed by atoms with Crippen molar-refractivity contribution < 1.29 is 4.39 Å². The summed E-state index contributed by atoms with van der Waals surface area (Å²) >= 11 is 5.96. The maximum Gasteiger partial charge on any atom is 0.178 e. The Labute approximate surface area is 182 Å². The van der Waals surface area contributed by atoms with Crippen LogP contribution in [0.1, 0.15) is 5.56 Å². The molecular weight excluding hydrogens is 415 g/mol. The van der Waals surface area contributed by atoms with E-state index >= 15 is 0 Å². The second kappa shape index (κ2) is 7.77. The maximum atomic E-state index is 13.3. The third kappa shape index (κ3) is 3.49. The molecule has 0 radical (unpaired) electrons. The Kier molecular flexibility index (Phi) is 4.80. The Morgan fingerprint density at radius 2 is 1.81 bits per heavy atom. The predicted octanol–water partition coefficient (Wildman–Crippen LogP) is 5.00. The summed E-state index contributed by atoms with van der Waals surface area (Å²) in [5, 5.41) is 0. The fraction of sp³-hybridized carbons (Fsp3) is 0.0435. The van der Waals surface area contributed by atoms with Crippen LogP contribution in [-0.2, 0) is 5.88 Å². The predicted molar refractivity (Wildman–Crippen MR) is 119 cm³/mol. The number of rotatable bonds is 4. The third-order valence-electron chi connectivity index (χ3n) is 4.96. The van der Waals surface area contributed by atoms with Crippen molar-refractivity contribution in [2.24, 2.45) is 0 Å². The van der Waals surface area contributed by atoms with Gasteiger partial charge >= 0.3 is 0 Å². The molecule has 0 aliphatic heterocycles. The number of anilines is 1. The standard InChI is InChI=1S/C23H16ClFN6/c24-11-14-3-6-17(7-4-14)31-20-10-15(19-8-5-16(25)13-28-19)12-29-22(20)30-23(31)18-2-1-9-27-21(18)26/h1-10,12-13H,11H2,(H2,26,27). The highest BCUT2D eigenvalue weighted by Gasteiger charge is 2.18. The largest absolute Gasteiger partial charge is 0.383 e. The molecule has 5 aromatic rings. The summed E-state index contributed by atoms with van der Waals surface area (Å²) in [5.41, 5.74) is 11.4. The molecule has 6 nitrogen and oxygen atoms in total. The van der Waals surface area contributed by atoms with Crippen LogP contribution >= 0.6 is 11.6 Å². The van der Waals surface area contributed by atoms with Crippen molar-refractivity contribution in [1.82, 2.24) is 24.5 Å². The van der Waals surface area contributed by atoms with Gasteiger partial charge in [0.1, 0.15) is 11.6 Å². The highest BCUT2D eigenvalue weighted by molar-refractivity contribution is 6.17. The number of pyridine rings is 3. The van der Waals surface area contributed by atoms with Gasteiger partial charge in [-0.15, -0.1) is 11.6 Å². The van der Waals surface area contributed by atoms with Crippen LogP contribution in [0.15, 0.2) is 73.2 Å². The van der Waals surface area contributed by atoms with Crippen LogP contribution in [0.4, 0.5) is 10.2 Å². The zero-order valence-corrected chi connectivity index (χ0v) is 17.0. The molecule has 0 saturated carbocycles. The van der Waals surface area contributed by atoms with Crippen LogP contribution in [-0.4, -0.2) is 24.5 Å². The number of benzene rings is 1. The molecule has 0 atom stereocenters. The van der Waals surface area contributed by atoms with Crippen LogP contribution in [0, 0.1) is 5.82 Å². The van der Waals surface area contributed by atoms with Gasteiger partial charge in [0.15, 0.2) is 11.5 Å². The first-order valence-electron chi connectivity index (χ1n) is 9.50. The van der Waals surface area contributed by atoms with Crippen molar-refractivity contribution in [1.29, 1.82) is 0 Å². The fourth-order valence-corrected chi connectivity index (χ4v) is 3.61. The van der Waals surface area contributed by atoms with E-state index in [0.29, 0.717) is 34.4 Å². The Morgan fingerprint density at radius 3 is 2.52 bits per heavy atom. The average Bonchev–Trinajstić information content (AvgIpc) is 3.18. The lowest BCUT2D eigenvalue weighted by Gasteiger charge is -2.11. The summed E-state index contributed by atoms with van der Waals surface area (Å²) in [6.07, 6.45) is 4.49. The number of aromatic nitrogens is 5. The van der Waals surface area contributed by atoms with E-state index in [1.165, 1.54) is 12.3 Å². The van der Waals surface area contributed by atoms with E-state index in [0.717, 1.165) is 22.3 Å². The number of alkyl halides is 1. The van der Waals surface area contributed by atoms with E-state index < -0.39 is 5.82 Å². The summed E-state index contributed by atoms with van der Waals surface area (Å²) in [4.78, 5) is 17.6. The van der Waals surface area contributed by atoms with Gasteiger partial charge in [-0.2, -0.15) is 0 Å². The molecule has 152 valence electrons. The Balaban J connectivity index is 1.77. The van der Waals surface area contributed by atoms with Crippen molar-refractivity contribution in [3.63, 3.8) is 0 Å². The number of halogens is 2. The first kappa shape index (κ1) is 19.1. The number of hydrogen-bond donors (Lipinski definition) is 1. The first-order valence-corrected chi connectivity index (χ1v) is 10.0. The highest BCUT2D eigenvalue weighted by atomic mass is 35.5. The lowest BCUT2D eigenvalue weighted by atomic mass is 10.1. The summed E-state index contributed by atoms with van der Waals surface area (Å²) in [6.45, 7) is 0. The van der Waals surface area contributed by atoms with Crippen LogP contribution in [0.3, 0.4) is 0 Å². The molecule has 5 rings (SSSR count). The number of nitrogens with two attached hydrogens (primary N) is 1. The second-order valence-corrected chi connectivity index (χ2v) is 7.20. The highest BCUT2D eigenvalue weighted by Crippen LogP contribution is 2.32. The van der Waals surface area contributed by atoms with Gasteiger partial charge in [-0.3, -0.25) is 9.55 Å². The van der Waals surface area contributed by atoms with E-state index in [1.54, 1.807) is 18.5 Å².